The van der Waals surface area contributed by atoms with Crippen LogP contribution < -0.4 is 5.73 Å². The van der Waals surface area contributed by atoms with Crippen LogP contribution in [0.2, 0.25) is 0 Å². The minimum Gasteiger partial charge on any atom is -0.324 e. The summed E-state index contributed by atoms with van der Waals surface area (Å²) in [5.41, 5.74) is 8.20. The number of nitrogens with two attached hydrogens (primary N) is 1. The van der Waals surface area contributed by atoms with Gasteiger partial charge in [0.2, 0.25) is 0 Å². The third-order valence-corrected chi connectivity index (χ3v) is 3.21. The number of hydrogen-bond donors (Lipinski definition) is 1. The highest BCUT2D eigenvalue weighted by Crippen LogP contribution is 2.18. The monoisotopic (exact) mass is 308 g/mol. The van der Waals surface area contributed by atoms with Crippen LogP contribution in [0.5, 0.6) is 0 Å². The molecule has 0 aliphatic heterocycles. The fourth-order valence-electron chi connectivity index (χ4n) is 1.75. The normalized spacial score (nSPS) is 12.9. The Morgan fingerprint density at radius 2 is 2.17 bits per heavy atom. The van der Waals surface area contributed by atoms with Gasteiger partial charge in [-0.1, -0.05) is 0 Å². The minimum atomic E-state index is -0.0782. The van der Waals surface area contributed by atoms with Crippen molar-refractivity contribution in [1.82, 2.24) is 14.8 Å². The van der Waals surface area contributed by atoms with Gasteiger partial charge in [0, 0.05) is 41.6 Å². The van der Waals surface area contributed by atoms with Gasteiger partial charge in [0.05, 0.1) is 5.69 Å². The quantitative estimate of drug-likeness (QED) is 0.945. The summed E-state index contributed by atoms with van der Waals surface area (Å²) in [5, 5.41) is 4.50. The van der Waals surface area contributed by atoms with Crippen LogP contribution in [-0.2, 0) is 6.42 Å². The van der Waals surface area contributed by atoms with Gasteiger partial charge in [-0.3, -0.25) is 9.67 Å². The summed E-state index contributed by atoms with van der Waals surface area (Å²) < 4.78 is 2.89. The molecule has 2 N–H and O–H groups in total. The molecule has 0 aliphatic rings. The van der Waals surface area contributed by atoms with Crippen molar-refractivity contribution in [3.05, 3.63) is 46.5 Å². The molecule has 0 fully saturated rings. The molecule has 1 unspecified atom stereocenters. The maximum absolute atomic E-state index is 6.17. The summed E-state index contributed by atoms with van der Waals surface area (Å²) in [5.74, 6) is 0. The fraction of sp³-hybridized carbons (Fsp3) is 0.385. The first kappa shape index (κ1) is 13.2. The van der Waals surface area contributed by atoms with E-state index < -0.39 is 0 Å². The van der Waals surface area contributed by atoms with Crippen molar-refractivity contribution in [2.45, 2.75) is 32.4 Å². The molecule has 0 aromatic carbocycles. The summed E-state index contributed by atoms with van der Waals surface area (Å²) in [6.07, 6.45) is 6.27. The molecule has 2 heterocycles. The van der Waals surface area contributed by atoms with E-state index in [4.69, 9.17) is 5.73 Å². The molecule has 0 spiro atoms. The van der Waals surface area contributed by atoms with E-state index in [9.17, 15) is 0 Å². The molecular weight excluding hydrogens is 292 g/mol. The summed E-state index contributed by atoms with van der Waals surface area (Å²) in [7, 11) is 0. The molecule has 0 aliphatic carbocycles. The van der Waals surface area contributed by atoms with E-state index in [-0.39, 0.29) is 6.04 Å². The van der Waals surface area contributed by atoms with E-state index in [1.165, 1.54) is 0 Å². The Bertz CT molecular complexity index is 521. The lowest BCUT2D eigenvalue weighted by molar-refractivity contribution is 0.522. The molecule has 2 aromatic heterocycles. The van der Waals surface area contributed by atoms with Gasteiger partial charge in [0.25, 0.3) is 0 Å². The fourth-order valence-corrected chi connectivity index (χ4v) is 2.13. The third kappa shape index (κ3) is 3.17. The van der Waals surface area contributed by atoms with Crippen molar-refractivity contribution in [2.75, 3.05) is 0 Å². The first-order chi connectivity index (χ1) is 8.56. The molecule has 5 heteroatoms. The Labute approximate surface area is 115 Å². The lowest BCUT2D eigenvalue weighted by Crippen LogP contribution is -2.14. The van der Waals surface area contributed by atoms with Crippen molar-refractivity contribution < 1.29 is 0 Å². The lowest BCUT2D eigenvalue weighted by Gasteiger charge is -2.10. The van der Waals surface area contributed by atoms with E-state index in [2.05, 4.69) is 39.9 Å². The van der Waals surface area contributed by atoms with Gasteiger partial charge < -0.3 is 5.73 Å². The van der Waals surface area contributed by atoms with Crippen LogP contribution >= 0.6 is 15.9 Å². The topological polar surface area (TPSA) is 56.7 Å². The summed E-state index contributed by atoms with van der Waals surface area (Å²) >= 11 is 3.40. The Morgan fingerprint density at radius 3 is 2.78 bits per heavy atom. The van der Waals surface area contributed by atoms with Gasteiger partial charge in [0.1, 0.15) is 0 Å². The van der Waals surface area contributed by atoms with Crippen molar-refractivity contribution >= 4 is 15.9 Å². The highest BCUT2D eigenvalue weighted by atomic mass is 79.9. The highest BCUT2D eigenvalue weighted by molar-refractivity contribution is 9.10. The number of hydrogen-bond acceptors (Lipinski definition) is 3. The second kappa shape index (κ2) is 5.63. The van der Waals surface area contributed by atoms with Crippen LogP contribution in [0.1, 0.15) is 37.2 Å². The second-order valence-electron chi connectivity index (χ2n) is 4.63. The number of halogens is 1. The van der Waals surface area contributed by atoms with Crippen LogP contribution in [0.4, 0.5) is 0 Å². The number of rotatable bonds is 4. The SMILES string of the molecule is CC(C)n1ccc(CC(N)c2cncc(Br)c2)n1. The Kier molecular flexibility index (Phi) is 4.14. The minimum absolute atomic E-state index is 0.0782. The van der Waals surface area contributed by atoms with Gasteiger partial charge in [-0.25, -0.2) is 0 Å². The summed E-state index contributed by atoms with van der Waals surface area (Å²) in [4.78, 5) is 4.13. The number of pyridine rings is 1. The maximum Gasteiger partial charge on any atom is 0.0643 e. The maximum atomic E-state index is 6.17. The molecule has 1 atom stereocenters. The van der Waals surface area contributed by atoms with Crippen LogP contribution in [0.15, 0.2) is 35.2 Å². The molecule has 18 heavy (non-hydrogen) atoms. The lowest BCUT2D eigenvalue weighted by atomic mass is 10.1. The Hall–Kier alpha value is -1.20. The average molecular weight is 309 g/mol. The van der Waals surface area contributed by atoms with Crippen LogP contribution in [0.3, 0.4) is 0 Å². The summed E-state index contributed by atoms with van der Waals surface area (Å²) in [6.45, 7) is 4.21. The zero-order chi connectivity index (χ0) is 13.1. The average Bonchev–Trinajstić information content (AvgIpc) is 2.77. The smallest absolute Gasteiger partial charge is 0.0643 e. The van der Waals surface area contributed by atoms with Gasteiger partial charge in [-0.05, 0) is 47.5 Å². The van der Waals surface area contributed by atoms with Gasteiger partial charge >= 0.3 is 0 Å². The van der Waals surface area contributed by atoms with Crippen LogP contribution in [0.25, 0.3) is 0 Å². The van der Waals surface area contributed by atoms with Crippen molar-refractivity contribution in [1.29, 1.82) is 0 Å². The molecular formula is C13H17BrN4. The van der Waals surface area contributed by atoms with E-state index in [0.717, 1.165) is 22.2 Å². The molecule has 2 rings (SSSR count). The van der Waals surface area contributed by atoms with Crippen LogP contribution in [0, 0.1) is 0 Å². The Morgan fingerprint density at radius 1 is 1.39 bits per heavy atom. The van der Waals surface area contributed by atoms with E-state index >= 15 is 0 Å². The van der Waals surface area contributed by atoms with Gasteiger partial charge in [0.15, 0.2) is 0 Å². The molecule has 0 saturated carbocycles. The van der Waals surface area contributed by atoms with E-state index in [0.29, 0.717) is 6.04 Å². The third-order valence-electron chi connectivity index (χ3n) is 2.78. The predicted octanol–water partition coefficient (Wildman–Crippen LogP) is 2.86. The zero-order valence-electron chi connectivity index (χ0n) is 10.5. The molecule has 0 amide bonds. The first-order valence-electron chi connectivity index (χ1n) is 5.96. The predicted molar refractivity (Wildman–Crippen MR) is 75.2 cm³/mol. The Balaban J connectivity index is 2.08. The molecule has 0 radical (unpaired) electrons. The van der Waals surface area contributed by atoms with E-state index in [1.807, 2.05) is 23.0 Å². The van der Waals surface area contributed by atoms with Crippen LogP contribution in [-0.4, -0.2) is 14.8 Å². The summed E-state index contributed by atoms with van der Waals surface area (Å²) in [6, 6.07) is 4.32. The standard InChI is InChI=1S/C13H17BrN4/c1-9(2)18-4-3-12(17-18)6-13(15)10-5-11(14)8-16-7-10/h3-5,7-9,13H,6,15H2,1-2H3. The molecule has 4 nitrogen and oxygen atoms in total. The van der Waals surface area contributed by atoms with E-state index in [1.54, 1.807) is 12.4 Å². The zero-order valence-corrected chi connectivity index (χ0v) is 12.1. The molecule has 2 aromatic rings. The van der Waals surface area contributed by atoms with Crippen molar-refractivity contribution in [3.63, 3.8) is 0 Å². The number of nitrogens with zero attached hydrogens (tertiary/aromatic N) is 3. The molecule has 0 saturated heterocycles. The second-order valence-corrected chi connectivity index (χ2v) is 5.54. The molecule has 96 valence electrons. The molecule has 0 bridgehead atoms. The van der Waals surface area contributed by atoms with Gasteiger partial charge in [-0.15, -0.1) is 0 Å². The van der Waals surface area contributed by atoms with Crippen molar-refractivity contribution in [2.24, 2.45) is 5.73 Å². The van der Waals surface area contributed by atoms with Gasteiger partial charge in [-0.2, -0.15) is 5.10 Å². The largest absolute Gasteiger partial charge is 0.324 e. The number of aromatic nitrogens is 3. The van der Waals surface area contributed by atoms with Crippen molar-refractivity contribution in [3.8, 4) is 0 Å². The highest BCUT2D eigenvalue weighted by Gasteiger charge is 2.10. The first-order valence-corrected chi connectivity index (χ1v) is 6.75.